The lowest BCUT2D eigenvalue weighted by molar-refractivity contribution is -0.0251. The van der Waals surface area contributed by atoms with Crippen molar-refractivity contribution in [1.29, 1.82) is 0 Å². The molecule has 1 spiro atoms. The minimum atomic E-state index is -3.81. The van der Waals surface area contributed by atoms with Gasteiger partial charge in [-0.15, -0.1) is 0 Å². The van der Waals surface area contributed by atoms with E-state index in [1.165, 1.54) is 0 Å². The van der Waals surface area contributed by atoms with E-state index < -0.39 is 15.9 Å². The van der Waals surface area contributed by atoms with E-state index in [-0.39, 0.29) is 28.6 Å². The topological polar surface area (TPSA) is 84.9 Å². The van der Waals surface area contributed by atoms with Crippen molar-refractivity contribution in [1.82, 2.24) is 4.72 Å². The standard InChI is InChI=1S/C33H43ClN2O5S/c1-22-6-4-8-29(40-3)27-11-9-24(27)18-36-20-33(14-5-7-25-17-26(34)13-15-32(25,33)2)21-41-30-12-10-23(16-28(30)36)31(37)35-42(38,39)19-22/h4,8,10,12-13,15-17,22,24-25,27,29H,5-7,9,11,14,18-21H2,1-3H3,(H,35,37)/b8-4+/t22-,24-,25?,27+,29-,32?,33-/m0/s1. The van der Waals surface area contributed by atoms with Gasteiger partial charge < -0.3 is 14.4 Å². The molecule has 1 N–H and O–H groups in total. The minimum Gasteiger partial charge on any atom is -0.491 e. The Bertz CT molecular complexity index is 1420. The van der Waals surface area contributed by atoms with E-state index in [9.17, 15) is 13.2 Å². The summed E-state index contributed by atoms with van der Waals surface area (Å²) in [5.74, 6) is 0.996. The van der Waals surface area contributed by atoms with Crippen molar-refractivity contribution >= 4 is 33.2 Å². The van der Waals surface area contributed by atoms with E-state index in [0.717, 1.165) is 61.7 Å². The lowest BCUT2D eigenvalue weighted by atomic mass is 9.51. The Labute approximate surface area is 255 Å². The van der Waals surface area contributed by atoms with Gasteiger partial charge in [-0.1, -0.05) is 56.2 Å². The Morgan fingerprint density at radius 1 is 1.21 bits per heavy atom. The van der Waals surface area contributed by atoms with E-state index >= 15 is 0 Å². The summed E-state index contributed by atoms with van der Waals surface area (Å²) in [4.78, 5) is 15.7. The van der Waals surface area contributed by atoms with Crippen LogP contribution in [0.2, 0.25) is 0 Å². The van der Waals surface area contributed by atoms with Crippen molar-refractivity contribution in [2.75, 3.05) is 37.5 Å². The number of hydrogen-bond donors (Lipinski definition) is 1. The molecule has 0 aromatic heterocycles. The Hall–Kier alpha value is -2.29. The highest BCUT2D eigenvalue weighted by Gasteiger charge is 2.56. The van der Waals surface area contributed by atoms with Crippen LogP contribution in [0, 0.1) is 34.5 Å². The molecular weight excluding hydrogens is 572 g/mol. The largest absolute Gasteiger partial charge is 0.491 e. The molecule has 228 valence electrons. The fraction of sp³-hybridized carbons (Fsp3) is 0.606. The number of hydrogen-bond acceptors (Lipinski definition) is 6. The van der Waals surface area contributed by atoms with Gasteiger partial charge in [-0.2, -0.15) is 0 Å². The van der Waals surface area contributed by atoms with Crippen molar-refractivity contribution in [3.63, 3.8) is 0 Å². The first-order chi connectivity index (χ1) is 20.0. The zero-order valence-corrected chi connectivity index (χ0v) is 26.4. The van der Waals surface area contributed by atoms with Gasteiger partial charge in [0.15, 0.2) is 0 Å². The number of allylic oxidation sites excluding steroid dienone is 5. The van der Waals surface area contributed by atoms with E-state index in [1.54, 1.807) is 13.2 Å². The van der Waals surface area contributed by atoms with Crippen LogP contribution in [-0.2, 0) is 14.8 Å². The van der Waals surface area contributed by atoms with E-state index in [1.807, 2.05) is 31.2 Å². The van der Waals surface area contributed by atoms with E-state index in [0.29, 0.717) is 36.3 Å². The zero-order valence-electron chi connectivity index (χ0n) is 24.9. The lowest BCUT2D eigenvalue weighted by Crippen LogP contribution is -2.56. The quantitative estimate of drug-likeness (QED) is 0.387. The van der Waals surface area contributed by atoms with Crippen molar-refractivity contribution in [2.45, 2.75) is 58.5 Å². The molecule has 3 aliphatic carbocycles. The third kappa shape index (κ3) is 5.43. The van der Waals surface area contributed by atoms with Crippen LogP contribution in [0.5, 0.6) is 5.75 Å². The summed E-state index contributed by atoms with van der Waals surface area (Å²) in [5.41, 5.74) is 0.873. The summed E-state index contributed by atoms with van der Waals surface area (Å²) in [6, 6.07) is 5.34. The highest BCUT2D eigenvalue weighted by molar-refractivity contribution is 7.90. The van der Waals surface area contributed by atoms with Crippen molar-refractivity contribution in [3.05, 3.63) is 59.2 Å². The van der Waals surface area contributed by atoms with Crippen LogP contribution in [-0.4, -0.2) is 53.0 Å². The summed E-state index contributed by atoms with van der Waals surface area (Å²) in [7, 11) is -2.04. The first-order valence-corrected chi connectivity index (χ1v) is 17.4. The number of nitrogens with one attached hydrogen (secondary N) is 1. The van der Waals surface area contributed by atoms with Gasteiger partial charge in [-0.3, -0.25) is 4.79 Å². The smallest absolute Gasteiger partial charge is 0.264 e. The number of carbonyl (C=O) groups excluding carboxylic acids is 1. The molecule has 7 nitrogen and oxygen atoms in total. The Morgan fingerprint density at radius 2 is 2.05 bits per heavy atom. The van der Waals surface area contributed by atoms with Gasteiger partial charge in [-0.25, -0.2) is 13.1 Å². The number of sulfonamides is 1. The molecule has 2 saturated carbocycles. The maximum Gasteiger partial charge on any atom is 0.264 e. The molecule has 0 saturated heterocycles. The molecular formula is C33H43ClN2O5S. The molecule has 1 aromatic carbocycles. The molecule has 2 fully saturated rings. The highest BCUT2D eigenvalue weighted by Crippen LogP contribution is 2.59. The third-order valence-electron chi connectivity index (χ3n) is 10.8. The molecule has 2 bridgehead atoms. The fourth-order valence-electron chi connectivity index (χ4n) is 8.12. The number of ether oxygens (including phenoxy) is 2. The molecule has 1 amide bonds. The van der Waals surface area contributed by atoms with Crippen molar-refractivity contribution in [3.8, 4) is 5.75 Å². The second kappa shape index (κ2) is 11.3. The van der Waals surface area contributed by atoms with Gasteiger partial charge in [0.25, 0.3) is 5.91 Å². The second-order valence-corrected chi connectivity index (χ2v) is 15.7. The number of anilines is 1. The first kappa shape index (κ1) is 29.8. The maximum atomic E-state index is 13.3. The van der Waals surface area contributed by atoms with Crippen LogP contribution in [0.1, 0.15) is 62.7 Å². The Morgan fingerprint density at radius 3 is 2.81 bits per heavy atom. The maximum absolute atomic E-state index is 13.3. The molecule has 1 aromatic rings. The number of carbonyl (C=O) groups is 1. The van der Waals surface area contributed by atoms with Crippen LogP contribution in [0.3, 0.4) is 0 Å². The first-order valence-electron chi connectivity index (χ1n) is 15.4. The number of methoxy groups -OCH3 is 1. The molecule has 2 heterocycles. The van der Waals surface area contributed by atoms with Gasteiger partial charge in [0.1, 0.15) is 5.75 Å². The van der Waals surface area contributed by atoms with Gasteiger partial charge in [0, 0.05) is 41.6 Å². The predicted octanol–water partition coefficient (Wildman–Crippen LogP) is 6.07. The molecule has 42 heavy (non-hydrogen) atoms. The zero-order chi connectivity index (χ0) is 29.7. The molecule has 2 aliphatic heterocycles. The average molecular weight is 615 g/mol. The summed E-state index contributed by atoms with van der Waals surface area (Å²) in [6.45, 7) is 6.40. The van der Waals surface area contributed by atoms with Crippen LogP contribution < -0.4 is 14.4 Å². The van der Waals surface area contributed by atoms with Gasteiger partial charge in [0.2, 0.25) is 10.0 Å². The molecule has 2 unspecified atom stereocenters. The number of nitrogens with zero attached hydrogens (tertiary/aromatic N) is 1. The third-order valence-corrected chi connectivity index (χ3v) is 12.6. The molecule has 9 heteroatoms. The van der Waals surface area contributed by atoms with Crippen molar-refractivity contribution < 1.29 is 22.7 Å². The summed E-state index contributed by atoms with van der Waals surface area (Å²) >= 11 is 6.49. The molecule has 6 rings (SSSR count). The Kier molecular flexibility index (Phi) is 8.03. The number of rotatable bonds is 1. The minimum absolute atomic E-state index is 0.0201. The van der Waals surface area contributed by atoms with Crippen LogP contribution in [0.25, 0.3) is 0 Å². The van der Waals surface area contributed by atoms with Crippen molar-refractivity contribution in [2.24, 2.45) is 34.5 Å². The summed E-state index contributed by atoms with van der Waals surface area (Å²) in [6.07, 6.45) is 16.7. The number of benzene rings is 1. The molecule has 7 atom stereocenters. The average Bonchev–Trinajstić information content (AvgIpc) is 3.08. The van der Waals surface area contributed by atoms with Gasteiger partial charge in [0.05, 0.1) is 24.2 Å². The predicted molar refractivity (Wildman–Crippen MR) is 166 cm³/mol. The number of amides is 1. The van der Waals surface area contributed by atoms with E-state index in [4.69, 9.17) is 21.1 Å². The van der Waals surface area contributed by atoms with E-state index in [2.05, 4.69) is 34.8 Å². The monoisotopic (exact) mass is 614 g/mol. The van der Waals surface area contributed by atoms with Gasteiger partial charge in [-0.05, 0) is 80.1 Å². The normalized spacial score (nSPS) is 38.6. The molecule has 5 aliphatic rings. The number of fused-ring (bicyclic) bond motifs is 4. The van der Waals surface area contributed by atoms with Gasteiger partial charge >= 0.3 is 0 Å². The summed E-state index contributed by atoms with van der Waals surface area (Å²) in [5, 5.41) is 0.799. The Balaban J connectivity index is 1.42. The lowest BCUT2D eigenvalue weighted by Gasteiger charge is -2.56. The van der Waals surface area contributed by atoms with Crippen LogP contribution >= 0.6 is 11.6 Å². The van der Waals surface area contributed by atoms with Crippen LogP contribution in [0.4, 0.5) is 5.69 Å². The second-order valence-electron chi connectivity index (χ2n) is 13.5. The van der Waals surface area contributed by atoms with Crippen LogP contribution in [0.15, 0.2) is 53.6 Å². The summed E-state index contributed by atoms with van der Waals surface area (Å²) < 4.78 is 40.8. The highest BCUT2D eigenvalue weighted by atomic mass is 35.5. The number of halogens is 1. The molecule has 0 radical (unpaired) electrons. The SMILES string of the molecule is CO[C@H]1/C=C/C[C@H](C)CS(=O)(=O)NC(=O)c2ccc3c(c2)N(C[C@@H]2CC[C@H]21)C[C@@]1(CCCC2C=C(Cl)C=CC21C)CO3. The fourth-order valence-corrected chi connectivity index (χ4v) is 9.71.